The Kier molecular flexibility index (Phi) is 3.67. The zero-order chi connectivity index (χ0) is 9.68. The van der Waals surface area contributed by atoms with E-state index in [1.165, 1.54) is 11.6 Å². The largest absolute Gasteiger partial charge is 0.288 e. The van der Waals surface area contributed by atoms with Crippen LogP contribution in [0.3, 0.4) is 0 Å². The average molecular weight is 242 g/mol. The molecule has 0 aromatic heterocycles. The van der Waals surface area contributed by atoms with E-state index in [4.69, 9.17) is 5.21 Å². The number of nitrogens with one attached hydrogen (secondary N) is 1. The quantitative estimate of drug-likeness (QED) is 0.473. The van der Waals surface area contributed by atoms with Crippen LogP contribution in [0, 0.1) is 0 Å². The summed E-state index contributed by atoms with van der Waals surface area (Å²) < 4.78 is 0.900. The standard InChI is InChI=1S/C9H8BrNO2/c10-8-4-2-1-3-7(8)5-6-9(12)11-13/h1-6,13H,(H,11,12). The van der Waals surface area contributed by atoms with E-state index in [1.807, 2.05) is 24.3 Å². The fourth-order valence-electron chi connectivity index (χ4n) is 0.813. The van der Waals surface area contributed by atoms with Crippen LogP contribution in [0.5, 0.6) is 0 Å². The van der Waals surface area contributed by atoms with Crippen LogP contribution in [0.4, 0.5) is 0 Å². The van der Waals surface area contributed by atoms with E-state index in [0.29, 0.717) is 0 Å². The van der Waals surface area contributed by atoms with Crippen LogP contribution in [0.15, 0.2) is 34.8 Å². The second kappa shape index (κ2) is 4.79. The van der Waals surface area contributed by atoms with Gasteiger partial charge >= 0.3 is 0 Å². The molecule has 0 unspecified atom stereocenters. The Hall–Kier alpha value is -1.13. The average Bonchev–Trinajstić information content (AvgIpc) is 2.16. The van der Waals surface area contributed by atoms with Crippen molar-refractivity contribution >= 4 is 27.9 Å². The van der Waals surface area contributed by atoms with Gasteiger partial charge in [0.05, 0.1) is 0 Å². The summed E-state index contributed by atoms with van der Waals surface area (Å²) in [6.45, 7) is 0. The van der Waals surface area contributed by atoms with Crippen LogP contribution in [0.1, 0.15) is 5.56 Å². The Morgan fingerprint density at radius 3 is 2.77 bits per heavy atom. The van der Waals surface area contributed by atoms with Crippen molar-refractivity contribution in [2.75, 3.05) is 0 Å². The minimum atomic E-state index is -0.546. The van der Waals surface area contributed by atoms with Crippen molar-refractivity contribution in [3.05, 3.63) is 40.4 Å². The Labute approximate surface area is 84.2 Å². The van der Waals surface area contributed by atoms with Crippen molar-refractivity contribution in [2.24, 2.45) is 0 Å². The fourth-order valence-corrected chi connectivity index (χ4v) is 1.23. The van der Waals surface area contributed by atoms with Gasteiger partial charge in [-0.3, -0.25) is 10.0 Å². The summed E-state index contributed by atoms with van der Waals surface area (Å²) in [5.74, 6) is -0.546. The van der Waals surface area contributed by atoms with Crippen molar-refractivity contribution in [3.63, 3.8) is 0 Å². The maximum Gasteiger partial charge on any atom is 0.267 e. The predicted molar refractivity (Wildman–Crippen MR) is 53.1 cm³/mol. The number of rotatable bonds is 2. The number of hydrogen-bond donors (Lipinski definition) is 2. The molecular formula is C9H8BrNO2. The molecule has 3 nitrogen and oxygen atoms in total. The number of halogens is 1. The lowest BCUT2D eigenvalue weighted by Gasteiger charge is -1.95. The molecule has 0 spiro atoms. The van der Waals surface area contributed by atoms with E-state index in [0.717, 1.165) is 10.0 Å². The Morgan fingerprint density at radius 2 is 2.15 bits per heavy atom. The van der Waals surface area contributed by atoms with Crippen LogP contribution < -0.4 is 5.48 Å². The molecule has 0 fully saturated rings. The van der Waals surface area contributed by atoms with Crippen LogP contribution in [-0.2, 0) is 4.79 Å². The number of hydroxylamine groups is 1. The van der Waals surface area contributed by atoms with Gasteiger partial charge in [-0.05, 0) is 17.7 Å². The first kappa shape index (κ1) is 9.95. The molecule has 0 aliphatic carbocycles. The van der Waals surface area contributed by atoms with Gasteiger partial charge in [0.1, 0.15) is 0 Å². The number of carbonyl (C=O) groups excluding carboxylic acids is 1. The van der Waals surface area contributed by atoms with Gasteiger partial charge < -0.3 is 0 Å². The summed E-state index contributed by atoms with van der Waals surface area (Å²) >= 11 is 3.32. The molecule has 0 aliphatic heterocycles. The van der Waals surface area contributed by atoms with Crippen molar-refractivity contribution in [2.45, 2.75) is 0 Å². The zero-order valence-electron chi connectivity index (χ0n) is 6.70. The minimum Gasteiger partial charge on any atom is -0.288 e. The van der Waals surface area contributed by atoms with Crippen LogP contribution in [0.2, 0.25) is 0 Å². The van der Waals surface area contributed by atoms with Crippen LogP contribution in [-0.4, -0.2) is 11.1 Å². The lowest BCUT2D eigenvalue weighted by Crippen LogP contribution is -2.14. The molecule has 13 heavy (non-hydrogen) atoms. The molecule has 0 radical (unpaired) electrons. The maximum atomic E-state index is 10.6. The van der Waals surface area contributed by atoms with Crippen molar-refractivity contribution in [1.29, 1.82) is 0 Å². The summed E-state index contributed by atoms with van der Waals surface area (Å²) in [5.41, 5.74) is 2.39. The van der Waals surface area contributed by atoms with Gasteiger partial charge in [-0.15, -0.1) is 0 Å². The molecule has 4 heteroatoms. The number of benzene rings is 1. The van der Waals surface area contributed by atoms with Crippen molar-refractivity contribution < 1.29 is 10.0 Å². The highest BCUT2D eigenvalue weighted by atomic mass is 79.9. The summed E-state index contributed by atoms with van der Waals surface area (Å²) in [6.07, 6.45) is 2.86. The number of amides is 1. The lowest BCUT2D eigenvalue weighted by molar-refractivity contribution is -0.124. The Bertz CT molecular complexity index is 336. The third-order valence-electron chi connectivity index (χ3n) is 1.43. The van der Waals surface area contributed by atoms with Gasteiger partial charge in [-0.25, -0.2) is 5.48 Å². The highest BCUT2D eigenvalue weighted by Gasteiger charge is 1.94. The first-order chi connectivity index (χ1) is 6.24. The van der Waals surface area contributed by atoms with Gasteiger partial charge in [0.2, 0.25) is 0 Å². The smallest absolute Gasteiger partial charge is 0.267 e. The Morgan fingerprint density at radius 1 is 1.46 bits per heavy atom. The molecule has 0 saturated heterocycles. The van der Waals surface area contributed by atoms with E-state index < -0.39 is 5.91 Å². The Balaban J connectivity index is 2.80. The van der Waals surface area contributed by atoms with Crippen molar-refractivity contribution in [1.82, 2.24) is 5.48 Å². The molecule has 0 aliphatic rings. The molecule has 0 atom stereocenters. The van der Waals surface area contributed by atoms with Crippen molar-refractivity contribution in [3.8, 4) is 0 Å². The maximum absolute atomic E-state index is 10.6. The molecule has 1 aromatic rings. The monoisotopic (exact) mass is 241 g/mol. The van der Waals surface area contributed by atoms with E-state index in [1.54, 1.807) is 6.08 Å². The molecular weight excluding hydrogens is 234 g/mol. The SMILES string of the molecule is O=C(C=Cc1ccccc1Br)NO. The van der Waals surface area contributed by atoms with E-state index in [-0.39, 0.29) is 0 Å². The molecule has 1 aromatic carbocycles. The van der Waals surface area contributed by atoms with Crippen LogP contribution in [0.25, 0.3) is 6.08 Å². The van der Waals surface area contributed by atoms with Gasteiger partial charge in [0, 0.05) is 10.5 Å². The fraction of sp³-hybridized carbons (Fsp3) is 0. The first-order valence-corrected chi connectivity index (χ1v) is 4.40. The highest BCUT2D eigenvalue weighted by Crippen LogP contribution is 2.16. The second-order valence-electron chi connectivity index (χ2n) is 2.33. The number of carbonyl (C=O) groups is 1. The molecule has 0 bridgehead atoms. The zero-order valence-corrected chi connectivity index (χ0v) is 8.28. The van der Waals surface area contributed by atoms with Crippen LogP contribution >= 0.6 is 15.9 Å². The van der Waals surface area contributed by atoms with E-state index >= 15 is 0 Å². The number of hydrogen-bond acceptors (Lipinski definition) is 2. The third kappa shape index (κ3) is 3.01. The van der Waals surface area contributed by atoms with Gasteiger partial charge in [0.25, 0.3) is 5.91 Å². The van der Waals surface area contributed by atoms with Gasteiger partial charge in [-0.2, -0.15) is 0 Å². The first-order valence-electron chi connectivity index (χ1n) is 3.60. The lowest BCUT2D eigenvalue weighted by atomic mass is 10.2. The third-order valence-corrected chi connectivity index (χ3v) is 2.15. The topological polar surface area (TPSA) is 49.3 Å². The van der Waals surface area contributed by atoms with Gasteiger partial charge in [-0.1, -0.05) is 34.1 Å². The van der Waals surface area contributed by atoms with Gasteiger partial charge in [0.15, 0.2) is 0 Å². The molecule has 0 saturated carbocycles. The predicted octanol–water partition coefficient (Wildman–Crippen LogP) is 1.97. The van der Waals surface area contributed by atoms with E-state index in [9.17, 15) is 4.79 Å². The summed E-state index contributed by atoms with van der Waals surface area (Å²) in [5, 5.41) is 8.22. The normalized spacial score (nSPS) is 10.3. The second-order valence-corrected chi connectivity index (χ2v) is 3.19. The van der Waals surface area contributed by atoms with E-state index in [2.05, 4.69) is 15.9 Å². The molecule has 1 rings (SSSR count). The summed E-state index contributed by atoms with van der Waals surface area (Å²) in [7, 11) is 0. The molecule has 0 heterocycles. The molecule has 2 N–H and O–H groups in total. The minimum absolute atomic E-state index is 0.546. The molecule has 68 valence electrons. The highest BCUT2D eigenvalue weighted by molar-refractivity contribution is 9.10. The summed E-state index contributed by atoms with van der Waals surface area (Å²) in [6, 6.07) is 7.47. The summed E-state index contributed by atoms with van der Waals surface area (Å²) in [4.78, 5) is 10.6. The molecule has 1 amide bonds.